The molecule has 3 fully saturated rings. The summed E-state index contributed by atoms with van der Waals surface area (Å²) >= 11 is 15.0. The van der Waals surface area contributed by atoms with E-state index in [2.05, 4.69) is 105 Å². The zero-order chi connectivity index (χ0) is 68.7. The molecule has 3 saturated heterocycles. The van der Waals surface area contributed by atoms with Crippen LogP contribution in [-0.2, 0) is 38.4 Å². The number of para-hydroxylation sites is 8. The molecule has 5 aromatic carbocycles. The molecule has 3 atom stereocenters. The number of aromatic amines is 1. The van der Waals surface area contributed by atoms with Crippen molar-refractivity contribution in [2.45, 2.75) is 61.8 Å². The van der Waals surface area contributed by atoms with E-state index in [1.807, 2.05) is 221 Å². The summed E-state index contributed by atoms with van der Waals surface area (Å²) in [5.74, 6) is -0.250. The van der Waals surface area contributed by atoms with E-state index < -0.39 is 12.1 Å². The molecule has 0 aliphatic carbocycles. The number of hydrogen-bond donors (Lipinski definition) is 5. The molecule has 0 bridgehead atoms. The predicted octanol–water partition coefficient (Wildman–Crippen LogP) is 3.75. The molecule has 514 valence electrons. The van der Waals surface area contributed by atoms with Gasteiger partial charge in [0.05, 0.1) is 68.0 Å². The molecule has 0 radical (unpaired) electrons. The Morgan fingerprint density at radius 2 is 1.01 bits per heavy atom. The maximum Gasteiger partial charge on any atom is 1.00 e. The van der Waals surface area contributed by atoms with E-state index in [9.17, 15) is 28.8 Å². The van der Waals surface area contributed by atoms with Crippen molar-refractivity contribution < 1.29 is 183 Å². The second-order valence-corrected chi connectivity index (χ2v) is 24.3. The topological polar surface area (TPSA) is 311 Å². The average molecular weight is 1850 g/mol. The van der Waals surface area contributed by atoms with Gasteiger partial charge in [0.15, 0.2) is 0 Å². The summed E-state index contributed by atoms with van der Waals surface area (Å²) in [6.45, 7) is 1.94. The van der Waals surface area contributed by atoms with Crippen LogP contribution in [0.15, 0.2) is 212 Å². The number of benzene rings is 5. The first-order chi connectivity index (χ1) is 47.3. The summed E-state index contributed by atoms with van der Waals surface area (Å²) in [5.41, 5.74) is 6.82. The van der Waals surface area contributed by atoms with Gasteiger partial charge in [-0.2, -0.15) is 9.90 Å². The Morgan fingerprint density at radius 1 is 0.590 bits per heavy atom. The van der Waals surface area contributed by atoms with Crippen molar-refractivity contribution in [1.29, 1.82) is 0 Å². The first-order valence-corrected chi connectivity index (χ1v) is 34.7. The van der Waals surface area contributed by atoms with Gasteiger partial charge in [0.25, 0.3) is 6.47 Å². The van der Waals surface area contributed by atoms with Crippen LogP contribution < -0.4 is 164 Å². The Balaban J connectivity index is 0.000000283. The summed E-state index contributed by atoms with van der Waals surface area (Å²) in [6.07, 6.45) is 16.6. The monoisotopic (exact) mass is 1850 g/mol. The molecule has 2 unspecified atom stereocenters. The number of halogens is 4. The van der Waals surface area contributed by atoms with Gasteiger partial charge in [0, 0.05) is 50.3 Å². The number of carbonyl (C=O) groups is 7. The number of amides is 5. The van der Waals surface area contributed by atoms with E-state index in [0.29, 0.717) is 46.9 Å². The van der Waals surface area contributed by atoms with Crippen molar-refractivity contribution in [2.75, 3.05) is 52.0 Å². The first-order valence-electron chi connectivity index (χ1n) is 30.3. The van der Waals surface area contributed by atoms with E-state index in [1.165, 1.54) is 11.8 Å². The van der Waals surface area contributed by atoms with Gasteiger partial charge in [-0.05, 0) is 181 Å². The number of rotatable bonds is 17. The van der Waals surface area contributed by atoms with Crippen LogP contribution in [0.5, 0.6) is 0 Å². The fraction of sp³-hybridized carbons (Fsp3) is 0.227. The van der Waals surface area contributed by atoms with Crippen molar-refractivity contribution >= 4 is 142 Å². The number of aromatic nitrogens is 11. The van der Waals surface area contributed by atoms with Crippen molar-refractivity contribution in [1.82, 2.24) is 69.2 Å². The number of hydrogen-bond acceptors (Lipinski definition) is 17. The third-order valence-electron chi connectivity index (χ3n) is 14.8. The second kappa shape index (κ2) is 46.6. The second-order valence-electron chi connectivity index (χ2n) is 21.0. The molecule has 3 aliphatic heterocycles. The largest absolute Gasteiger partial charge is 1.00 e. The van der Waals surface area contributed by atoms with Crippen molar-refractivity contribution in [3.8, 4) is 28.4 Å². The number of thioether (sulfide) groups is 1. The van der Waals surface area contributed by atoms with E-state index >= 15 is 0 Å². The first kappa shape index (κ1) is 85.5. The predicted molar refractivity (Wildman–Crippen MR) is 387 cm³/mol. The van der Waals surface area contributed by atoms with Crippen LogP contribution in [0.2, 0.25) is 0 Å². The molecule has 13 rings (SSSR count). The zero-order valence-electron chi connectivity index (χ0n) is 55.3. The number of tetrazole rings is 2. The number of likely N-dealkylation sites (tertiary alicyclic amines) is 2. The molecule has 10 aromatic rings. The van der Waals surface area contributed by atoms with Crippen LogP contribution in [0.3, 0.4) is 0 Å². The minimum atomic E-state index is -0.504. The SMILES string of the molecule is Cl.O=C(Br)CBr.O=C(Nc1ccccc1-n1cccc1)C1CCCN1.O=C(Nc1ccccc1-n1cccc1)C1CCCN1C(=O)CBr.O=C(Nc1ccccc1-n1cccc1)[C@@H]1CCCN1C(=O)CSc1nnnn1-c1ccccc1.O=CO[O-].S=c1nn[nH]n1-c1ccccc1.[Cs+].[Cs+].[H-]. The van der Waals surface area contributed by atoms with Gasteiger partial charge >= 0.3 is 138 Å². The van der Waals surface area contributed by atoms with Crippen molar-refractivity contribution in [3.05, 3.63) is 212 Å². The van der Waals surface area contributed by atoms with Crippen LogP contribution in [0.4, 0.5) is 17.1 Å². The third-order valence-corrected chi connectivity index (χ3v) is 18.0. The molecule has 8 heterocycles. The average Bonchev–Trinajstić information content (AvgIpc) is 1.86. The van der Waals surface area contributed by atoms with E-state index in [1.54, 1.807) is 19.2 Å². The Hall–Kier alpha value is -5.11. The summed E-state index contributed by atoms with van der Waals surface area (Å²) in [6, 6.07) is 53.0. The van der Waals surface area contributed by atoms with Crippen LogP contribution in [0.1, 0.15) is 40.0 Å². The number of H-pyrrole nitrogens is 1. The van der Waals surface area contributed by atoms with Gasteiger partial charge in [0.1, 0.15) is 12.1 Å². The molecule has 5 aromatic heterocycles. The molecule has 0 spiro atoms. The van der Waals surface area contributed by atoms with Crippen LogP contribution >= 0.6 is 84.2 Å². The van der Waals surface area contributed by atoms with Crippen LogP contribution in [0, 0.1) is 4.77 Å². The van der Waals surface area contributed by atoms with Gasteiger partial charge in [-0.15, -0.1) is 17.5 Å². The van der Waals surface area contributed by atoms with E-state index in [-0.39, 0.29) is 209 Å². The third kappa shape index (κ3) is 25.9. The number of nitrogens with zero attached hydrogens (tertiary/aromatic N) is 12. The molecule has 34 heteroatoms. The number of nitrogens with one attached hydrogen (secondary N) is 5. The minimum absolute atomic E-state index is 0. The fourth-order valence-corrected chi connectivity index (χ4v) is 11.6. The van der Waals surface area contributed by atoms with Crippen molar-refractivity contribution in [2.24, 2.45) is 0 Å². The molecule has 5 amide bonds. The van der Waals surface area contributed by atoms with Gasteiger partial charge in [-0.25, -0.2) is 4.68 Å². The summed E-state index contributed by atoms with van der Waals surface area (Å²) < 4.78 is 9.54. The Bertz CT molecular complexity index is 4190. The standard InChI is InChI=1S/C24H23N7O2S.C17H18BrN3O2.C15H17N3O.C7H6N4S.C2H2Br2O.CH2O3.ClH.2Cs.H/c32-22(17-34-24-26-27-28-31(24)18-9-2-1-3-10-18)30-16-8-13-21(30)23(33)25-19-11-4-5-12-20(19)29-14-6-7-15-29;18-12-16(22)21-11-5-8-15(21)17(23)19-13-6-1-2-7-14(13)20-9-3-4-10-20;19-15(13-7-5-9-16-13)17-12-6-1-2-8-14(12)18-10-3-4-11-18;12-7-8-9-10-11(7)6-4-2-1-3-5-6;3-1-2(4)5;2-1-4-3;;;;/h1-7,9-12,14-15,21H,8,13,16-17H2,(H,25,33);1-4,6-7,9-10,15H,5,8,11-12H2,(H,19,23);1-4,6,8,10-11,13,16H,5,7,9H2,(H,17,19);1-5H,(H,8,10,12);1H2;1,3H;1H;;;/q;;;;;;;2*+1;-1/p-1/t21-;;;;;;;;;/m0........./s1. The Morgan fingerprint density at radius 3 is 1.41 bits per heavy atom. The van der Waals surface area contributed by atoms with Gasteiger partial charge < -0.3 is 56.3 Å². The normalized spacial score (nSPS) is 14.5. The quantitative estimate of drug-likeness (QED) is 0.0165. The molecular weight excluding hydrogens is 1780 g/mol. The van der Waals surface area contributed by atoms with Gasteiger partial charge in [0.2, 0.25) is 44.2 Å². The van der Waals surface area contributed by atoms with Crippen molar-refractivity contribution in [3.63, 3.8) is 0 Å². The van der Waals surface area contributed by atoms with Gasteiger partial charge in [-0.3, -0.25) is 33.6 Å². The number of anilines is 3. The summed E-state index contributed by atoms with van der Waals surface area (Å²) in [7, 11) is 0. The molecule has 100 heavy (non-hydrogen) atoms. The van der Waals surface area contributed by atoms with Crippen LogP contribution in [-0.4, -0.2) is 159 Å². The Labute approximate surface area is 736 Å². The van der Waals surface area contributed by atoms with E-state index in [0.717, 1.165) is 72.0 Å². The molecule has 0 saturated carbocycles. The smallest absolute Gasteiger partial charge is 1.00 e. The number of alkyl halides is 2. The molecule has 5 N–H and O–H groups in total. The summed E-state index contributed by atoms with van der Waals surface area (Å²) in [4.78, 5) is 87.2. The molecule has 26 nitrogen and oxygen atoms in total. The maximum atomic E-state index is 13.2. The molecular formula is C66H69Br3ClCs2N17O9S2. The fourth-order valence-electron chi connectivity index (χ4n) is 10.4. The molecule has 3 aliphatic rings. The zero-order valence-corrected chi connectivity index (χ0v) is 74.1. The van der Waals surface area contributed by atoms with Gasteiger partial charge in [-0.1, -0.05) is 127 Å². The number of carbonyl (C=O) groups excluding carboxylic acids is 7. The summed E-state index contributed by atoms with van der Waals surface area (Å²) in [5, 5.41) is 43.6. The minimum Gasteiger partial charge on any atom is -1.00 e. The van der Waals surface area contributed by atoms with E-state index in [4.69, 9.17) is 22.3 Å². The maximum absolute atomic E-state index is 13.2. The Kier molecular flexibility index (Phi) is 39.8. The van der Waals surface area contributed by atoms with Crippen LogP contribution in [0.25, 0.3) is 28.4 Å².